The van der Waals surface area contributed by atoms with E-state index in [-0.39, 0.29) is 27.7 Å². The lowest BCUT2D eigenvalue weighted by Crippen LogP contribution is -2.50. The van der Waals surface area contributed by atoms with Crippen molar-refractivity contribution in [2.24, 2.45) is 0 Å². The van der Waals surface area contributed by atoms with Crippen molar-refractivity contribution in [1.82, 2.24) is 10.2 Å². The Morgan fingerprint density at radius 2 is 1.70 bits per heavy atom. The number of hydrogen-bond donors (Lipinski definition) is 1. The topological polar surface area (TPSA) is 96.0 Å². The summed E-state index contributed by atoms with van der Waals surface area (Å²) in [6.45, 7) is 0.566. The molecule has 37 heavy (non-hydrogen) atoms. The van der Waals surface area contributed by atoms with Crippen LogP contribution in [0.1, 0.15) is 12.5 Å². The first kappa shape index (κ1) is 27.9. The minimum atomic E-state index is -4.24. The molecule has 3 rings (SSSR count). The number of anilines is 1. The normalized spacial score (nSPS) is 11.9. The van der Waals surface area contributed by atoms with Crippen molar-refractivity contribution in [3.05, 3.63) is 89.2 Å². The van der Waals surface area contributed by atoms with Gasteiger partial charge in [0.1, 0.15) is 24.2 Å². The largest absolute Gasteiger partial charge is 0.495 e. The maximum absolute atomic E-state index is 14.4. The lowest BCUT2D eigenvalue weighted by atomic mass is 10.1. The summed E-state index contributed by atoms with van der Waals surface area (Å²) in [5.74, 6) is -1.44. The average molecular weight is 548 g/mol. The molecule has 0 spiro atoms. The Kier molecular flexibility index (Phi) is 9.12. The molecule has 1 N–H and O–H groups in total. The van der Waals surface area contributed by atoms with Gasteiger partial charge in [-0.15, -0.1) is 0 Å². The highest BCUT2D eigenvalue weighted by Gasteiger charge is 2.32. The summed E-state index contributed by atoms with van der Waals surface area (Å²) in [4.78, 5) is 27.2. The lowest BCUT2D eigenvalue weighted by Gasteiger charge is -2.32. The van der Waals surface area contributed by atoms with Gasteiger partial charge in [-0.05, 0) is 43.3 Å². The molecule has 0 aliphatic carbocycles. The maximum atomic E-state index is 14.4. The van der Waals surface area contributed by atoms with Crippen molar-refractivity contribution in [1.29, 1.82) is 0 Å². The van der Waals surface area contributed by atoms with E-state index >= 15 is 0 Å². The van der Waals surface area contributed by atoms with E-state index in [2.05, 4.69) is 5.32 Å². The van der Waals surface area contributed by atoms with E-state index in [0.717, 1.165) is 9.21 Å². The summed E-state index contributed by atoms with van der Waals surface area (Å²) in [5.41, 5.74) is 0.290. The van der Waals surface area contributed by atoms with E-state index in [9.17, 15) is 22.4 Å². The Labute approximate surface area is 220 Å². The highest BCUT2D eigenvalue weighted by atomic mass is 35.5. The van der Waals surface area contributed by atoms with Crippen molar-refractivity contribution in [2.75, 3.05) is 25.0 Å². The van der Waals surface area contributed by atoms with E-state index < -0.39 is 40.2 Å². The van der Waals surface area contributed by atoms with E-state index in [1.807, 2.05) is 0 Å². The zero-order valence-corrected chi connectivity index (χ0v) is 22.1. The molecule has 0 aliphatic heterocycles. The number of sulfonamides is 1. The summed E-state index contributed by atoms with van der Waals surface area (Å²) in [6.07, 6.45) is 0. The number of benzene rings is 3. The van der Waals surface area contributed by atoms with Gasteiger partial charge >= 0.3 is 0 Å². The van der Waals surface area contributed by atoms with Gasteiger partial charge in [0.2, 0.25) is 11.8 Å². The zero-order chi connectivity index (χ0) is 27.2. The van der Waals surface area contributed by atoms with Crippen LogP contribution in [0.4, 0.5) is 10.1 Å². The first-order chi connectivity index (χ1) is 17.6. The number of carbonyl (C=O) groups excluding carboxylic acids is 2. The van der Waals surface area contributed by atoms with E-state index in [4.69, 9.17) is 16.3 Å². The summed E-state index contributed by atoms with van der Waals surface area (Å²) < 4.78 is 47.8. The molecular formula is C26H27ClFN3O5S. The quantitative estimate of drug-likeness (QED) is 0.416. The van der Waals surface area contributed by atoms with Crippen LogP contribution in [-0.2, 0) is 26.2 Å². The van der Waals surface area contributed by atoms with E-state index in [1.54, 1.807) is 24.3 Å². The summed E-state index contributed by atoms with van der Waals surface area (Å²) in [5, 5.41) is 2.61. The standard InChI is InChI=1S/C26H27ClFN3O5S/c1-18(26(33)29-2)30(16-19-9-7-8-12-23(19)28)25(32)17-31(20-13-14-24(36-3)22(27)15-20)37(34,35)21-10-5-4-6-11-21/h4-15,18H,16-17H2,1-3H3,(H,29,33)/t18-/m0/s1. The van der Waals surface area contributed by atoms with Crippen LogP contribution in [0.2, 0.25) is 5.02 Å². The van der Waals surface area contributed by atoms with Crippen LogP contribution in [0.5, 0.6) is 5.75 Å². The first-order valence-corrected chi connectivity index (χ1v) is 13.1. The van der Waals surface area contributed by atoms with Crippen LogP contribution in [0.15, 0.2) is 77.7 Å². The second-order valence-corrected chi connectivity index (χ2v) is 10.3. The molecule has 196 valence electrons. The van der Waals surface area contributed by atoms with Crippen LogP contribution in [0.25, 0.3) is 0 Å². The van der Waals surface area contributed by atoms with E-state index in [1.165, 1.54) is 69.6 Å². The predicted octanol–water partition coefficient (Wildman–Crippen LogP) is 3.85. The third kappa shape index (κ3) is 6.39. The molecule has 0 aliphatic rings. The van der Waals surface area contributed by atoms with Crippen LogP contribution < -0.4 is 14.4 Å². The number of carbonyl (C=O) groups is 2. The third-order valence-electron chi connectivity index (χ3n) is 5.75. The molecule has 0 radical (unpaired) electrons. The molecule has 0 aromatic heterocycles. The SMILES string of the molecule is CNC(=O)[C@H](C)N(Cc1ccccc1F)C(=O)CN(c1ccc(OC)c(Cl)c1)S(=O)(=O)c1ccccc1. The molecule has 0 unspecified atom stereocenters. The van der Waals surface area contributed by atoms with Gasteiger partial charge in [-0.25, -0.2) is 12.8 Å². The summed E-state index contributed by atoms with van der Waals surface area (Å²) >= 11 is 6.27. The summed E-state index contributed by atoms with van der Waals surface area (Å²) in [7, 11) is -1.41. The Hall–Kier alpha value is -3.63. The molecule has 11 heteroatoms. The lowest BCUT2D eigenvalue weighted by molar-refractivity contribution is -0.139. The number of methoxy groups -OCH3 is 1. The van der Waals surface area contributed by atoms with Crippen LogP contribution >= 0.6 is 11.6 Å². The van der Waals surface area contributed by atoms with Gasteiger partial charge in [0.25, 0.3) is 10.0 Å². The van der Waals surface area contributed by atoms with Crippen LogP contribution in [-0.4, -0.2) is 51.9 Å². The number of likely N-dealkylation sites (N-methyl/N-ethyl adjacent to an activating group) is 1. The summed E-state index contributed by atoms with van der Waals surface area (Å²) in [6, 6.07) is 16.8. The highest BCUT2D eigenvalue weighted by Crippen LogP contribution is 2.32. The van der Waals surface area contributed by atoms with Crippen molar-refractivity contribution >= 4 is 39.1 Å². The van der Waals surface area contributed by atoms with Gasteiger partial charge < -0.3 is 15.0 Å². The Morgan fingerprint density at radius 1 is 1.05 bits per heavy atom. The fraction of sp³-hybridized carbons (Fsp3) is 0.231. The van der Waals surface area contributed by atoms with Gasteiger partial charge in [-0.2, -0.15) is 0 Å². The minimum Gasteiger partial charge on any atom is -0.495 e. The van der Waals surface area contributed by atoms with Gasteiger partial charge in [0, 0.05) is 19.2 Å². The molecular weight excluding hydrogens is 521 g/mol. The molecule has 0 saturated heterocycles. The zero-order valence-electron chi connectivity index (χ0n) is 20.5. The monoisotopic (exact) mass is 547 g/mol. The smallest absolute Gasteiger partial charge is 0.264 e. The number of amides is 2. The number of nitrogens with zero attached hydrogens (tertiary/aromatic N) is 2. The fourth-order valence-electron chi connectivity index (χ4n) is 3.66. The molecule has 1 atom stereocenters. The number of nitrogens with one attached hydrogen (secondary N) is 1. The molecule has 8 nitrogen and oxygen atoms in total. The molecule has 0 fully saturated rings. The number of ether oxygens (including phenoxy) is 1. The maximum Gasteiger partial charge on any atom is 0.264 e. The van der Waals surface area contributed by atoms with Gasteiger partial charge in [-0.3, -0.25) is 13.9 Å². The molecule has 0 heterocycles. The number of hydrogen-bond acceptors (Lipinski definition) is 5. The van der Waals surface area contributed by atoms with E-state index in [0.29, 0.717) is 5.75 Å². The van der Waals surface area contributed by atoms with Crippen molar-refractivity contribution < 1.29 is 27.1 Å². The second-order valence-electron chi connectivity index (χ2n) is 8.05. The van der Waals surface area contributed by atoms with Gasteiger partial charge in [0.15, 0.2) is 0 Å². The minimum absolute atomic E-state index is 0.0465. The highest BCUT2D eigenvalue weighted by molar-refractivity contribution is 7.92. The second kappa shape index (κ2) is 12.1. The Morgan fingerprint density at radius 3 is 2.30 bits per heavy atom. The Balaban J connectivity index is 2.07. The van der Waals surface area contributed by atoms with Crippen molar-refractivity contribution in [3.8, 4) is 5.75 Å². The molecule has 2 amide bonds. The van der Waals surface area contributed by atoms with Crippen molar-refractivity contribution in [3.63, 3.8) is 0 Å². The average Bonchev–Trinajstić information content (AvgIpc) is 2.90. The van der Waals surface area contributed by atoms with Crippen LogP contribution in [0, 0.1) is 5.82 Å². The number of halogens is 2. The molecule has 3 aromatic carbocycles. The fourth-order valence-corrected chi connectivity index (χ4v) is 5.34. The Bertz CT molecular complexity index is 1370. The first-order valence-electron chi connectivity index (χ1n) is 11.3. The molecule has 0 saturated carbocycles. The predicted molar refractivity (Wildman–Crippen MR) is 139 cm³/mol. The molecule has 0 bridgehead atoms. The van der Waals surface area contributed by atoms with Crippen molar-refractivity contribution in [2.45, 2.75) is 24.4 Å². The van der Waals surface area contributed by atoms with Crippen LogP contribution in [0.3, 0.4) is 0 Å². The third-order valence-corrected chi connectivity index (χ3v) is 7.83. The van der Waals surface area contributed by atoms with Gasteiger partial charge in [0.05, 0.1) is 22.7 Å². The number of rotatable bonds is 10. The molecule has 3 aromatic rings. The van der Waals surface area contributed by atoms with Gasteiger partial charge in [-0.1, -0.05) is 48.0 Å².